The third kappa shape index (κ3) is 3.27. The Morgan fingerprint density at radius 3 is 2.46 bits per heavy atom. The number of thiophene rings is 1. The summed E-state index contributed by atoms with van der Waals surface area (Å²) in [6, 6.07) is 16.8. The highest BCUT2D eigenvalue weighted by Gasteiger charge is 2.36. The summed E-state index contributed by atoms with van der Waals surface area (Å²) in [6.45, 7) is 0. The Morgan fingerprint density at radius 1 is 1.04 bits per heavy atom. The topological polar surface area (TPSA) is 51.1 Å². The second kappa shape index (κ2) is 7.86. The lowest BCUT2D eigenvalue weighted by Gasteiger charge is -2.24. The molecule has 1 amide bonds. The van der Waals surface area contributed by atoms with E-state index in [0.29, 0.717) is 17.7 Å². The number of hydrogen-bond donors (Lipinski definition) is 0. The van der Waals surface area contributed by atoms with Crippen LogP contribution >= 0.6 is 11.3 Å². The lowest BCUT2D eigenvalue weighted by molar-refractivity contribution is 0.0706. The van der Waals surface area contributed by atoms with Crippen molar-refractivity contribution in [3.8, 4) is 11.5 Å². The summed E-state index contributed by atoms with van der Waals surface area (Å²) in [5.41, 5.74) is 3.35. The first kappa shape index (κ1) is 18.3. The molecule has 1 aliphatic heterocycles. The molecule has 28 heavy (non-hydrogen) atoms. The van der Waals surface area contributed by atoms with Crippen LogP contribution < -0.4 is 9.47 Å². The SMILES string of the molecule is COc1ccccc1C(=O)N1N=C(c2ccsc2)C[C@H]1c1ccccc1OC. The van der Waals surface area contributed by atoms with Crippen LogP contribution in [-0.4, -0.2) is 30.8 Å². The number of carbonyl (C=O) groups excluding carboxylic acids is 1. The third-order valence-electron chi connectivity index (χ3n) is 4.81. The van der Waals surface area contributed by atoms with Gasteiger partial charge in [0.2, 0.25) is 0 Å². The van der Waals surface area contributed by atoms with E-state index in [9.17, 15) is 4.79 Å². The molecule has 3 aromatic rings. The Kier molecular flexibility index (Phi) is 5.12. The molecule has 0 N–H and O–H groups in total. The molecule has 1 aliphatic rings. The highest BCUT2D eigenvalue weighted by atomic mass is 32.1. The van der Waals surface area contributed by atoms with Crippen molar-refractivity contribution >= 4 is 23.0 Å². The van der Waals surface area contributed by atoms with E-state index in [-0.39, 0.29) is 11.9 Å². The average Bonchev–Trinajstić information content (AvgIpc) is 3.43. The Bertz CT molecular complexity index is 1010. The standard InChI is InChI=1S/C22H20N2O3S/c1-26-20-9-5-3-7-16(20)19-13-18(15-11-12-28-14-15)23-24(19)22(25)17-8-4-6-10-21(17)27-2/h3-12,14,19H,13H2,1-2H3/t19-/m0/s1. The van der Waals surface area contributed by atoms with Gasteiger partial charge in [0.15, 0.2) is 0 Å². The highest BCUT2D eigenvalue weighted by Crippen LogP contribution is 2.39. The van der Waals surface area contributed by atoms with E-state index < -0.39 is 0 Å². The maximum Gasteiger partial charge on any atom is 0.278 e. The van der Waals surface area contributed by atoms with E-state index in [2.05, 4.69) is 5.38 Å². The number of ether oxygens (including phenoxy) is 2. The predicted molar refractivity (Wildman–Crippen MR) is 110 cm³/mol. The number of amides is 1. The van der Waals surface area contributed by atoms with E-state index in [1.54, 1.807) is 42.7 Å². The molecule has 4 rings (SSSR count). The van der Waals surface area contributed by atoms with Crippen LogP contribution in [0.1, 0.15) is 33.9 Å². The second-order valence-corrected chi connectivity index (χ2v) is 7.15. The first-order valence-corrected chi connectivity index (χ1v) is 9.86. The molecule has 0 spiro atoms. The van der Waals surface area contributed by atoms with Crippen LogP contribution in [-0.2, 0) is 0 Å². The molecule has 0 radical (unpaired) electrons. The van der Waals surface area contributed by atoms with E-state index in [1.807, 2.05) is 47.8 Å². The molecule has 0 unspecified atom stereocenters. The predicted octanol–water partition coefficient (Wildman–Crippen LogP) is 4.76. The lowest BCUT2D eigenvalue weighted by Crippen LogP contribution is -2.27. The van der Waals surface area contributed by atoms with Gasteiger partial charge < -0.3 is 9.47 Å². The monoisotopic (exact) mass is 392 g/mol. The number of para-hydroxylation sites is 2. The van der Waals surface area contributed by atoms with E-state index in [4.69, 9.17) is 14.6 Å². The molecule has 5 nitrogen and oxygen atoms in total. The Morgan fingerprint density at radius 2 is 1.75 bits per heavy atom. The summed E-state index contributed by atoms with van der Waals surface area (Å²) in [7, 11) is 3.20. The van der Waals surface area contributed by atoms with Crippen molar-refractivity contribution in [2.75, 3.05) is 14.2 Å². The Hall–Kier alpha value is -3.12. The van der Waals surface area contributed by atoms with E-state index >= 15 is 0 Å². The zero-order valence-electron chi connectivity index (χ0n) is 15.7. The molecule has 0 fully saturated rings. The number of rotatable bonds is 5. The summed E-state index contributed by atoms with van der Waals surface area (Å²) in [6.07, 6.45) is 0.623. The van der Waals surface area contributed by atoms with Crippen LogP contribution in [0.2, 0.25) is 0 Å². The molecule has 2 aromatic carbocycles. The van der Waals surface area contributed by atoms with Gasteiger partial charge in [0, 0.05) is 17.5 Å². The zero-order chi connectivity index (χ0) is 19.5. The number of carbonyl (C=O) groups is 1. The third-order valence-corrected chi connectivity index (χ3v) is 5.49. The maximum atomic E-state index is 13.4. The van der Waals surface area contributed by atoms with Gasteiger partial charge in [0.1, 0.15) is 11.5 Å². The van der Waals surface area contributed by atoms with Gasteiger partial charge in [-0.2, -0.15) is 16.4 Å². The van der Waals surface area contributed by atoms with Gasteiger partial charge in [0.05, 0.1) is 31.5 Å². The van der Waals surface area contributed by atoms with Gasteiger partial charge in [-0.25, -0.2) is 5.01 Å². The summed E-state index contributed by atoms with van der Waals surface area (Å²) < 4.78 is 10.9. The van der Waals surface area contributed by atoms with Gasteiger partial charge in [-0.3, -0.25) is 4.79 Å². The minimum Gasteiger partial charge on any atom is -0.496 e. The smallest absolute Gasteiger partial charge is 0.278 e. The van der Waals surface area contributed by atoms with Crippen LogP contribution in [0, 0.1) is 0 Å². The van der Waals surface area contributed by atoms with Crippen molar-refractivity contribution < 1.29 is 14.3 Å². The van der Waals surface area contributed by atoms with Crippen molar-refractivity contribution in [1.29, 1.82) is 0 Å². The fourth-order valence-corrected chi connectivity index (χ4v) is 4.09. The molecule has 142 valence electrons. The van der Waals surface area contributed by atoms with Crippen molar-refractivity contribution in [1.82, 2.24) is 5.01 Å². The molecule has 0 aliphatic carbocycles. The van der Waals surface area contributed by atoms with Crippen LogP contribution in [0.5, 0.6) is 11.5 Å². The Balaban J connectivity index is 1.78. The molecule has 1 atom stereocenters. The number of benzene rings is 2. The summed E-state index contributed by atoms with van der Waals surface area (Å²) in [5.74, 6) is 1.08. The van der Waals surface area contributed by atoms with Crippen molar-refractivity contribution in [3.05, 3.63) is 82.0 Å². The minimum absolute atomic E-state index is 0.196. The Labute approximate surface area is 167 Å². The summed E-state index contributed by atoms with van der Waals surface area (Å²) in [4.78, 5) is 13.4. The number of nitrogens with zero attached hydrogens (tertiary/aromatic N) is 2. The first-order chi connectivity index (χ1) is 13.7. The van der Waals surface area contributed by atoms with Gasteiger partial charge in [-0.15, -0.1) is 0 Å². The number of methoxy groups -OCH3 is 2. The molecule has 6 heteroatoms. The fraction of sp³-hybridized carbons (Fsp3) is 0.182. The summed E-state index contributed by atoms with van der Waals surface area (Å²) in [5, 5.41) is 10.3. The molecular weight excluding hydrogens is 372 g/mol. The quantitative estimate of drug-likeness (QED) is 0.629. The van der Waals surface area contributed by atoms with Crippen molar-refractivity contribution in [2.24, 2.45) is 5.10 Å². The van der Waals surface area contributed by atoms with Gasteiger partial charge in [-0.1, -0.05) is 30.3 Å². The van der Waals surface area contributed by atoms with Crippen LogP contribution in [0.15, 0.2) is 70.5 Å². The maximum absolute atomic E-state index is 13.4. The van der Waals surface area contributed by atoms with Gasteiger partial charge in [0.25, 0.3) is 5.91 Å². The van der Waals surface area contributed by atoms with Gasteiger partial charge >= 0.3 is 0 Å². The zero-order valence-corrected chi connectivity index (χ0v) is 16.5. The molecule has 1 aromatic heterocycles. The van der Waals surface area contributed by atoms with Crippen LogP contribution in [0.25, 0.3) is 0 Å². The van der Waals surface area contributed by atoms with E-state index in [0.717, 1.165) is 22.6 Å². The molecule has 0 bridgehead atoms. The van der Waals surface area contributed by atoms with Crippen molar-refractivity contribution in [3.63, 3.8) is 0 Å². The normalized spacial score (nSPS) is 16.0. The largest absolute Gasteiger partial charge is 0.496 e. The molecule has 0 saturated heterocycles. The van der Waals surface area contributed by atoms with Crippen molar-refractivity contribution in [2.45, 2.75) is 12.5 Å². The molecular formula is C22H20N2O3S. The van der Waals surface area contributed by atoms with E-state index in [1.165, 1.54) is 0 Å². The molecule has 0 saturated carbocycles. The minimum atomic E-state index is -0.247. The number of hydrazone groups is 1. The van der Waals surface area contributed by atoms with Gasteiger partial charge in [-0.05, 0) is 35.0 Å². The van der Waals surface area contributed by atoms with Crippen LogP contribution in [0.3, 0.4) is 0 Å². The average molecular weight is 392 g/mol. The molecule has 2 heterocycles. The second-order valence-electron chi connectivity index (χ2n) is 6.37. The van der Waals surface area contributed by atoms with Crippen LogP contribution in [0.4, 0.5) is 0 Å². The fourth-order valence-electron chi connectivity index (χ4n) is 3.43. The highest BCUT2D eigenvalue weighted by molar-refractivity contribution is 7.08. The summed E-state index contributed by atoms with van der Waals surface area (Å²) >= 11 is 1.61. The number of hydrogen-bond acceptors (Lipinski definition) is 5. The first-order valence-electron chi connectivity index (χ1n) is 8.92. The lowest BCUT2D eigenvalue weighted by atomic mass is 9.98.